The molecule has 6 nitrogen and oxygen atoms in total. The molecule has 1 saturated heterocycles. The molecule has 6 heteroatoms. The normalized spacial score (nSPS) is 15.0. The highest BCUT2D eigenvalue weighted by molar-refractivity contribution is 5.89. The number of aromatic nitrogens is 1. The minimum atomic E-state index is -0.0513. The van der Waals surface area contributed by atoms with Crippen LogP contribution < -0.4 is 10.1 Å². The number of pyridine rings is 1. The lowest BCUT2D eigenvalue weighted by Gasteiger charge is -2.32. The van der Waals surface area contributed by atoms with Crippen molar-refractivity contribution in [1.82, 2.24) is 9.88 Å². The van der Waals surface area contributed by atoms with Gasteiger partial charge < -0.3 is 19.7 Å². The van der Waals surface area contributed by atoms with Gasteiger partial charge in [0.2, 0.25) is 0 Å². The van der Waals surface area contributed by atoms with Gasteiger partial charge in [0.1, 0.15) is 12.4 Å². The van der Waals surface area contributed by atoms with Gasteiger partial charge in [-0.3, -0.25) is 4.98 Å². The Morgan fingerprint density at radius 1 is 1.12 bits per heavy atom. The van der Waals surface area contributed by atoms with Crippen molar-refractivity contribution in [3.8, 4) is 5.75 Å². The molecule has 0 bridgehead atoms. The lowest BCUT2D eigenvalue weighted by Crippen LogP contribution is -2.43. The van der Waals surface area contributed by atoms with E-state index in [2.05, 4.69) is 10.3 Å². The van der Waals surface area contributed by atoms with Crippen LogP contribution in [0.5, 0.6) is 5.75 Å². The van der Waals surface area contributed by atoms with Crippen molar-refractivity contribution in [3.63, 3.8) is 0 Å². The first-order valence-electron chi connectivity index (χ1n) is 8.56. The number of carbonyl (C=O) groups is 1. The van der Waals surface area contributed by atoms with Crippen LogP contribution in [0.25, 0.3) is 0 Å². The Hall–Kier alpha value is -2.60. The number of likely N-dealkylation sites (tertiary alicyclic amines) is 1. The predicted octanol–water partition coefficient (Wildman–Crippen LogP) is 3.17. The van der Waals surface area contributed by atoms with Gasteiger partial charge in [-0.05, 0) is 37.1 Å². The summed E-state index contributed by atoms with van der Waals surface area (Å²) >= 11 is 0. The van der Waals surface area contributed by atoms with Gasteiger partial charge in [-0.2, -0.15) is 0 Å². The molecule has 1 aliphatic rings. The summed E-state index contributed by atoms with van der Waals surface area (Å²) in [6, 6.07) is 13.2. The standard InChI is InChI=1S/C19H23N3O3/c23-19(21-16-5-2-1-3-6-16)22-11-8-17(9-12-22)24-13-14-25-18-7-4-10-20-15-18/h1-7,10,15,17H,8-9,11-14H2,(H,21,23). The van der Waals surface area contributed by atoms with Crippen LogP contribution in [0.3, 0.4) is 0 Å². The maximum atomic E-state index is 12.2. The first-order valence-corrected chi connectivity index (χ1v) is 8.56. The molecule has 0 aliphatic carbocycles. The third-order valence-corrected chi connectivity index (χ3v) is 4.09. The van der Waals surface area contributed by atoms with Gasteiger partial charge in [0, 0.05) is 25.0 Å². The number of piperidine rings is 1. The van der Waals surface area contributed by atoms with Crippen LogP contribution in [0, 0.1) is 0 Å². The number of hydrogen-bond donors (Lipinski definition) is 1. The highest BCUT2D eigenvalue weighted by atomic mass is 16.5. The molecule has 1 fully saturated rings. The molecule has 0 atom stereocenters. The number of ether oxygens (including phenoxy) is 2. The molecule has 132 valence electrons. The molecule has 25 heavy (non-hydrogen) atoms. The van der Waals surface area contributed by atoms with Crippen molar-refractivity contribution in [1.29, 1.82) is 0 Å². The molecule has 2 aromatic rings. The fourth-order valence-corrected chi connectivity index (χ4v) is 2.76. The zero-order valence-corrected chi connectivity index (χ0v) is 14.1. The fourth-order valence-electron chi connectivity index (χ4n) is 2.76. The lowest BCUT2D eigenvalue weighted by atomic mass is 10.1. The number of nitrogens with one attached hydrogen (secondary N) is 1. The summed E-state index contributed by atoms with van der Waals surface area (Å²) < 4.78 is 11.4. The van der Waals surface area contributed by atoms with Crippen LogP contribution in [-0.4, -0.2) is 48.3 Å². The monoisotopic (exact) mass is 341 g/mol. The van der Waals surface area contributed by atoms with Crippen molar-refractivity contribution >= 4 is 11.7 Å². The fraction of sp³-hybridized carbons (Fsp3) is 0.368. The Bertz CT molecular complexity index is 643. The quantitative estimate of drug-likeness (QED) is 0.820. The first kappa shape index (κ1) is 17.2. The smallest absolute Gasteiger partial charge is 0.321 e. The summed E-state index contributed by atoms with van der Waals surface area (Å²) in [5.74, 6) is 0.749. The average Bonchev–Trinajstić information content (AvgIpc) is 2.67. The summed E-state index contributed by atoms with van der Waals surface area (Å²) in [6.07, 6.45) is 5.26. The molecule has 3 rings (SSSR count). The zero-order valence-electron chi connectivity index (χ0n) is 14.1. The number of hydrogen-bond acceptors (Lipinski definition) is 4. The van der Waals surface area contributed by atoms with Gasteiger partial charge in [0.25, 0.3) is 0 Å². The van der Waals surface area contributed by atoms with E-state index in [-0.39, 0.29) is 12.1 Å². The largest absolute Gasteiger partial charge is 0.490 e. The second-order valence-corrected chi connectivity index (χ2v) is 5.89. The van der Waals surface area contributed by atoms with E-state index >= 15 is 0 Å². The topological polar surface area (TPSA) is 63.7 Å². The van der Waals surface area contributed by atoms with Gasteiger partial charge in [0.05, 0.1) is 18.9 Å². The second kappa shape index (κ2) is 9.03. The molecule has 0 radical (unpaired) electrons. The molecular formula is C19H23N3O3. The number of rotatable bonds is 6. The molecule has 0 spiro atoms. The van der Waals surface area contributed by atoms with Crippen molar-refractivity contribution in [3.05, 3.63) is 54.9 Å². The number of anilines is 1. The van der Waals surface area contributed by atoms with E-state index in [1.165, 1.54) is 0 Å². The number of amides is 2. The molecule has 1 aromatic heterocycles. The maximum absolute atomic E-state index is 12.2. The van der Waals surface area contributed by atoms with Crippen LogP contribution in [0.1, 0.15) is 12.8 Å². The molecule has 1 aliphatic heterocycles. The van der Waals surface area contributed by atoms with Gasteiger partial charge in [-0.25, -0.2) is 4.79 Å². The summed E-state index contributed by atoms with van der Waals surface area (Å²) in [6.45, 7) is 2.44. The summed E-state index contributed by atoms with van der Waals surface area (Å²) in [5, 5.41) is 2.92. The third kappa shape index (κ3) is 5.46. The van der Waals surface area contributed by atoms with Crippen LogP contribution in [0.4, 0.5) is 10.5 Å². The summed E-state index contributed by atoms with van der Waals surface area (Å²) in [7, 11) is 0. The van der Waals surface area contributed by atoms with Gasteiger partial charge in [-0.1, -0.05) is 18.2 Å². The number of urea groups is 1. The van der Waals surface area contributed by atoms with Gasteiger partial charge in [0.15, 0.2) is 0 Å². The lowest BCUT2D eigenvalue weighted by molar-refractivity contribution is 0.00268. The molecular weight excluding hydrogens is 318 g/mol. The summed E-state index contributed by atoms with van der Waals surface area (Å²) in [5.41, 5.74) is 0.818. The van der Waals surface area contributed by atoms with Crippen molar-refractivity contribution < 1.29 is 14.3 Å². The summed E-state index contributed by atoms with van der Waals surface area (Å²) in [4.78, 5) is 18.1. The Morgan fingerprint density at radius 3 is 2.64 bits per heavy atom. The van der Waals surface area contributed by atoms with Crippen molar-refractivity contribution in [2.45, 2.75) is 18.9 Å². The van der Waals surface area contributed by atoms with Crippen LogP contribution in [0.2, 0.25) is 0 Å². The molecule has 1 aromatic carbocycles. The number of benzene rings is 1. The van der Waals surface area contributed by atoms with E-state index in [0.29, 0.717) is 26.3 Å². The van der Waals surface area contributed by atoms with E-state index in [1.807, 2.05) is 47.4 Å². The van der Waals surface area contributed by atoms with Crippen LogP contribution >= 0.6 is 0 Å². The minimum absolute atomic E-state index is 0.0513. The van der Waals surface area contributed by atoms with Gasteiger partial charge in [-0.15, -0.1) is 0 Å². The van der Waals surface area contributed by atoms with Gasteiger partial charge >= 0.3 is 6.03 Å². The predicted molar refractivity (Wildman–Crippen MR) is 95.7 cm³/mol. The third-order valence-electron chi connectivity index (χ3n) is 4.09. The number of carbonyl (C=O) groups excluding carboxylic acids is 1. The Morgan fingerprint density at radius 2 is 1.92 bits per heavy atom. The second-order valence-electron chi connectivity index (χ2n) is 5.89. The number of nitrogens with zero attached hydrogens (tertiary/aromatic N) is 2. The van der Waals surface area contributed by atoms with Crippen LogP contribution in [-0.2, 0) is 4.74 Å². The number of para-hydroxylation sites is 1. The zero-order chi connectivity index (χ0) is 17.3. The van der Waals surface area contributed by atoms with Crippen molar-refractivity contribution in [2.24, 2.45) is 0 Å². The van der Waals surface area contributed by atoms with E-state index < -0.39 is 0 Å². The minimum Gasteiger partial charge on any atom is -0.490 e. The molecule has 2 heterocycles. The van der Waals surface area contributed by atoms with Crippen molar-refractivity contribution in [2.75, 3.05) is 31.6 Å². The molecule has 0 saturated carbocycles. The first-order chi connectivity index (χ1) is 12.3. The Kier molecular flexibility index (Phi) is 6.23. The van der Waals surface area contributed by atoms with Crippen LogP contribution in [0.15, 0.2) is 54.9 Å². The van der Waals surface area contributed by atoms with E-state index in [9.17, 15) is 4.79 Å². The Labute approximate surface area is 147 Å². The average molecular weight is 341 g/mol. The SMILES string of the molecule is O=C(Nc1ccccc1)N1CCC(OCCOc2cccnc2)CC1. The molecule has 2 amide bonds. The van der Waals surface area contributed by atoms with E-state index in [4.69, 9.17) is 9.47 Å². The highest BCUT2D eigenvalue weighted by Gasteiger charge is 2.23. The maximum Gasteiger partial charge on any atom is 0.321 e. The molecule has 1 N–H and O–H groups in total. The van der Waals surface area contributed by atoms with E-state index in [1.54, 1.807) is 12.4 Å². The molecule has 0 unspecified atom stereocenters. The Balaban J connectivity index is 1.32. The van der Waals surface area contributed by atoms with E-state index in [0.717, 1.165) is 24.3 Å². The highest BCUT2D eigenvalue weighted by Crippen LogP contribution is 2.16.